The summed E-state index contributed by atoms with van der Waals surface area (Å²) in [6.07, 6.45) is 0. The molecule has 0 unspecified atom stereocenters. The zero-order valence-electron chi connectivity index (χ0n) is 11.6. The van der Waals surface area contributed by atoms with Crippen LogP contribution in [0.15, 0.2) is 34.7 Å². The number of allylic oxidation sites excluding steroid dienone is 2. The Kier molecular flexibility index (Phi) is 4.63. The van der Waals surface area contributed by atoms with Gasteiger partial charge in [-0.05, 0) is 41.5 Å². The molecule has 0 saturated heterocycles. The first-order valence-electron chi connectivity index (χ1n) is 5.86. The highest BCUT2D eigenvalue weighted by molar-refractivity contribution is 7.84. The summed E-state index contributed by atoms with van der Waals surface area (Å²) in [7, 11) is 1.60. The number of hydrogen-bond acceptors (Lipinski definition) is 3. The molecule has 0 amide bonds. The molecule has 3 heteroatoms. The monoisotopic (exact) mass is 264 g/mol. The second-order valence-corrected chi connectivity index (χ2v) is 5.73. The lowest BCUT2D eigenvalue weighted by atomic mass is 9.91. The number of Topliss-reactive ketones (excluding diaryl/α,β-unsaturated/α-hetero) is 1. The lowest BCUT2D eigenvalue weighted by Crippen LogP contribution is -2.11. The standard InChI is InChI=1S/C15H20O2S/c1-10(14(18)15(2,3)4)13(16)11-6-8-12(17-5)9-7-11/h6-9,18H,1-5H3/b14-10+. The summed E-state index contributed by atoms with van der Waals surface area (Å²) >= 11 is 4.47. The minimum Gasteiger partial charge on any atom is -0.497 e. The van der Waals surface area contributed by atoms with Gasteiger partial charge in [-0.15, -0.1) is 12.6 Å². The van der Waals surface area contributed by atoms with Crippen LogP contribution in [-0.2, 0) is 0 Å². The Balaban J connectivity index is 3.07. The van der Waals surface area contributed by atoms with Crippen molar-refractivity contribution in [2.45, 2.75) is 27.7 Å². The molecule has 2 nitrogen and oxygen atoms in total. The number of rotatable bonds is 3. The van der Waals surface area contributed by atoms with Crippen LogP contribution in [0.5, 0.6) is 5.75 Å². The zero-order chi connectivity index (χ0) is 13.9. The molecule has 0 aliphatic carbocycles. The Labute approximate surface area is 114 Å². The number of hydrogen-bond donors (Lipinski definition) is 1. The predicted octanol–water partition coefficient (Wildman–Crippen LogP) is 4.13. The van der Waals surface area contributed by atoms with E-state index in [9.17, 15) is 4.79 Å². The van der Waals surface area contributed by atoms with Crippen LogP contribution in [0.4, 0.5) is 0 Å². The number of thiol groups is 1. The van der Waals surface area contributed by atoms with E-state index in [2.05, 4.69) is 12.6 Å². The van der Waals surface area contributed by atoms with E-state index >= 15 is 0 Å². The first kappa shape index (κ1) is 14.8. The maximum Gasteiger partial charge on any atom is 0.189 e. The summed E-state index contributed by atoms with van der Waals surface area (Å²) in [6, 6.07) is 7.12. The lowest BCUT2D eigenvalue weighted by molar-refractivity contribution is 0.103. The van der Waals surface area contributed by atoms with Crippen LogP contribution in [0.1, 0.15) is 38.1 Å². The molecule has 98 valence electrons. The molecule has 0 N–H and O–H groups in total. The van der Waals surface area contributed by atoms with Gasteiger partial charge in [-0.3, -0.25) is 4.79 Å². The van der Waals surface area contributed by atoms with Gasteiger partial charge in [0.25, 0.3) is 0 Å². The number of carbonyl (C=O) groups is 1. The van der Waals surface area contributed by atoms with Crippen LogP contribution in [0, 0.1) is 5.41 Å². The molecular weight excluding hydrogens is 244 g/mol. The third-order valence-corrected chi connectivity index (χ3v) is 3.76. The fourth-order valence-electron chi connectivity index (χ4n) is 1.63. The Morgan fingerprint density at radius 3 is 2.06 bits per heavy atom. The summed E-state index contributed by atoms with van der Waals surface area (Å²) in [5.41, 5.74) is 1.23. The highest BCUT2D eigenvalue weighted by Crippen LogP contribution is 2.32. The van der Waals surface area contributed by atoms with Gasteiger partial charge in [0.15, 0.2) is 5.78 Å². The van der Waals surface area contributed by atoms with Gasteiger partial charge in [0.1, 0.15) is 5.75 Å². The van der Waals surface area contributed by atoms with Gasteiger partial charge in [-0.1, -0.05) is 20.8 Å². The zero-order valence-corrected chi connectivity index (χ0v) is 12.5. The molecule has 0 aromatic heterocycles. The predicted molar refractivity (Wildman–Crippen MR) is 78.5 cm³/mol. The number of ketones is 1. The van der Waals surface area contributed by atoms with Crippen LogP contribution < -0.4 is 4.74 Å². The van der Waals surface area contributed by atoms with Crippen LogP contribution >= 0.6 is 12.6 Å². The van der Waals surface area contributed by atoms with E-state index in [1.807, 2.05) is 27.7 Å². The molecule has 1 aromatic rings. The number of methoxy groups -OCH3 is 1. The first-order chi connectivity index (χ1) is 8.27. The largest absolute Gasteiger partial charge is 0.497 e. The fraction of sp³-hybridized carbons (Fsp3) is 0.400. The van der Waals surface area contributed by atoms with E-state index in [4.69, 9.17) is 4.74 Å². The third-order valence-electron chi connectivity index (χ3n) is 2.76. The Morgan fingerprint density at radius 2 is 1.67 bits per heavy atom. The van der Waals surface area contributed by atoms with Crippen LogP contribution in [0.25, 0.3) is 0 Å². The van der Waals surface area contributed by atoms with Crippen molar-refractivity contribution < 1.29 is 9.53 Å². The Bertz CT molecular complexity index is 464. The molecule has 0 bridgehead atoms. The fourth-order valence-corrected chi connectivity index (χ4v) is 1.73. The molecule has 1 aromatic carbocycles. The van der Waals surface area contributed by atoms with Gasteiger partial charge in [-0.25, -0.2) is 0 Å². The van der Waals surface area contributed by atoms with Gasteiger partial charge < -0.3 is 4.74 Å². The van der Waals surface area contributed by atoms with Crippen molar-refractivity contribution in [2.24, 2.45) is 5.41 Å². The molecule has 0 heterocycles. The van der Waals surface area contributed by atoms with Gasteiger partial charge >= 0.3 is 0 Å². The lowest BCUT2D eigenvalue weighted by Gasteiger charge is -2.21. The van der Waals surface area contributed by atoms with Crippen LogP contribution in [0.2, 0.25) is 0 Å². The molecule has 0 spiro atoms. The molecule has 0 aliphatic rings. The highest BCUT2D eigenvalue weighted by atomic mass is 32.1. The second-order valence-electron chi connectivity index (χ2n) is 5.28. The van der Waals surface area contributed by atoms with Crippen molar-refractivity contribution in [2.75, 3.05) is 7.11 Å². The molecule has 0 radical (unpaired) electrons. The first-order valence-corrected chi connectivity index (χ1v) is 6.31. The van der Waals surface area contributed by atoms with Crippen molar-refractivity contribution in [1.29, 1.82) is 0 Å². The Hall–Kier alpha value is -1.22. The van der Waals surface area contributed by atoms with E-state index in [0.29, 0.717) is 11.1 Å². The Morgan fingerprint density at radius 1 is 1.17 bits per heavy atom. The maximum absolute atomic E-state index is 12.3. The van der Waals surface area contributed by atoms with E-state index in [1.165, 1.54) is 0 Å². The molecular formula is C15H20O2S. The van der Waals surface area contributed by atoms with Crippen molar-refractivity contribution in [3.05, 3.63) is 40.3 Å². The van der Waals surface area contributed by atoms with E-state index in [1.54, 1.807) is 31.4 Å². The van der Waals surface area contributed by atoms with Gasteiger partial charge in [0.05, 0.1) is 7.11 Å². The van der Waals surface area contributed by atoms with Gasteiger partial charge in [0, 0.05) is 11.1 Å². The third kappa shape index (κ3) is 3.39. The van der Waals surface area contributed by atoms with Crippen LogP contribution in [0.3, 0.4) is 0 Å². The topological polar surface area (TPSA) is 26.3 Å². The summed E-state index contributed by atoms with van der Waals surface area (Å²) in [5.74, 6) is 0.757. The summed E-state index contributed by atoms with van der Waals surface area (Å²) < 4.78 is 5.07. The molecule has 0 atom stereocenters. The summed E-state index contributed by atoms with van der Waals surface area (Å²) in [4.78, 5) is 13.1. The normalized spacial score (nSPS) is 13.0. The number of carbonyl (C=O) groups excluding carboxylic acids is 1. The molecule has 0 saturated carbocycles. The number of ether oxygens (including phenoxy) is 1. The molecule has 0 aliphatic heterocycles. The van der Waals surface area contributed by atoms with E-state index in [-0.39, 0.29) is 11.2 Å². The van der Waals surface area contributed by atoms with Crippen molar-refractivity contribution >= 4 is 18.4 Å². The SMILES string of the molecule is COc1ccc(C(=O)/C(C)=C(/S)C(C)(C)C)cc1. The van der Waals surface area contributed by atoms with E-state index < -0.39 is 0 Å². The van der Waals surface area contributed by atoms with Crippen molar-refractivity contribution in [3.63, 3.8) is 0 Å². The van der Waals surface area contributed by atoms with Crippen molar-refractivity contribution in [3.8, 4) is 5.75 Å². The minimum absolute atomic E-state index is 0.0116. The summed E-state index contributed by atoms with van der Waals surface area (Å²) in [6.45, 7) is 7.94. The minimum atomic E-state index is -0.116. The molecule has 1 rings (SSSR count). The highest BCUT2D eigenvalue weighted by Gasteiger charge is 2.20. The molecule has 0 fully saturated rings. The van der Waals surface area contributed by atoms with Gasteiger partial charge in [0.2, 0.25) is 0 Å². The van der Waals surface area contributed by atoms with Crippen molar-refractivity contribution in [1.82, 2.24) is 0 Å². The maximum atomic E-state index is 12.3. The smallest absolute Gasteiger partial charge is 0.189 e. The van der Waals surface area contributed by atoms with Gasteiger partial charge in [-0.2, -0.15) is 0 Å². The molecule has 18 heavy (non-hydrogen) atoms. The summed E-state index contributed by atoms with van der Waals surface area (Å²) in [5, 5.41) is 0. The number of benzene rings is 1. The second kappa shape index (κ2) is 5.61. The average Bonchev–Trinajstić information content (AvgIpc) is 2.35. The average molecular weight is 264 g/mol. The van der Waals surface area contributed by atoms with Crippen LogP contribution in [-0.4, -0.2) is 12.9 Å². The quantitative estimate of drug-likeness (QED) is 0.505. The van der Waals surface area contributed by atoms with E-state index in [0.717, 1.165) is 10.7 Å².